The van der Waals surface area contributed by atoms with Crippen molar-refractivity contribution in [1.29, 1.82) is 0 Å². The number of nitrogens with one attached hydrogen (secondary N) is 7. The largest absolute Gasteiger partial charge is 0.481 e. The van der Waals surface area contributed by atoms with E-state index >= 15 is 0 Å². The first-order chi connectivity index (χ1) is 50.9. The molecular formula is C75H96F2N10O18S2. The molecule has 4 aliphatic heterocycles. The van der Waals surface area contributed by atoms with Crippen LogP contribution >= 0.6 is 0 Å². The fourth-order valence-electron chi connectivity index (χ4n) is 13.7. The Balaban J connectivity index is 0.000000249. The van der Waals surface area contributed by atoms with Gasteiger partial charge in [-0.05, 0) is 107 Å². The predicted octanol–water partition coefficient (Wildman–Crippen LogP) is 9.25. The van der Waals surface area contributed by atoms with Crippen LogP contribution in [0, 0.1) is 23.5 Å². The summed E-state index contributed by atoms with van der Waals surface area (Å²) in [7, 11) is -8.78. The lowest BCUT2D eigenvalue weighted by molar-refractivity contribution is -0.138. The van der Waals surface area contributed by atoms with Gasteiger partial charge in [-0.1, -0.05) is 112 Å². The van der Waals surface area contributed by atoms with E-state index in [1.165, 1.54) is 52.3 Å². The number of fused-ring (bicyclic) bond motifs is 2. The number of aliphatic carboxylic acids is 2. The Morgan fingerprint density at radius 1 is 0.561 bits per heavy atom. The number of para-hydroxylation sites is 2. The average Bonchev–Trinajstić information content (AvgIpc) is 1.58. The van der Waals surface area contributed by atoms with Gasteiger partial charge in [0.25, 0.3) is 31.9 Å². The van der Waals surface area contributed by atoms with E-state index in [1.54, 1.807) is 75.4 Å². The van der Waals surface area contributed by atoms with Crippen LogP contribution in [0.5, 0.6) is 0 Å². The van der Waals surface area contributed by atoms with Crippen molar-refractivity contribution < 1.29 is 93.2 Å². The highest BCUT2D eigenvalue weighted by atomic mass is 32.2. The Morgan fingerprint density at radius 2 is 0.991 bits per heavy atom. The average molecular weight is 1530 g/mol. The Hall–Kier alpha value is -9.69. The van der Waals surface area contributed by atoms with Gasteiger partial charge in [0.2, 0.25) is 11.8 Å². The fraction of sp³-hybridized carbons (Fsp3) is 0.507. The molecule has 32 heteroatoms. The third-order valence-electron chi connectivity index (χ3n) is 19.7. The Labute approximate surface area is 621 Å². The molecule has 2 saturated heterocycles. The smallest absolute Gasteiger partial charge is 0.411 e. The third-order valence-corrected chi connectivity index (χ3v) is 22.5. The van der Waals surface area contributed by atoms with Crippen LogP contribution in [-0.4, -0.2) is 163 Å². The van der Waals surface area contributed by atoms with E-state index in [2.05, 4.69) is 49.2 Å². The van der Waals surface area contributed by atoms with Gasteiger partial charge in [-0.3, -0.25) is 43.5 Å². The summed E-state index contributed by atoms with van der Waals surface area (Å²) in [5.74, 6) is -6.73. The Bertz CT molecular complexity index is 4220. The maximum atomic E-state index is 14.4. The lowest BCUT2D eigenvalue weighted by Gasteiger charge is -2.29. The van der Waals surface area contributed by atoms with Crippen LogP contribution in [0.4, 0.5) is 34.5 Å². The van der Waals surface area contributed by atoms with Crippen LogP contribution in [0.15, 0.2) is 120 Å². The molecule has 2 aliphatic carbocycles. The van der Waals surface area contributed by atoms with Crippen molar-refractivity contribution >= 4 is 85.3 Å². The summed E-state index contributed by atoms with van der Waals surface area (Å²) in [4.78, 5) is 119. The van der Waals surface area contributed by atoms with E-state index in [0.717, 1.165) is 69.1 Å². The summed E-state index contributed by atoms with van der Waals surface area (Å²) in [6.45, 7) is 13.8. The molecule has 28 nitrogen and oxygen atoms in total. The molecule has 0 bridgehead atoms. The van der Waals surface area contributed by atoms with Crippen molar-refractivity contribution in [3.63, 3.8) is 0 Å². The maximum Gasteiger partial charge on any atom is 0.411 e. The zero-order valence-corrected chi connectivity index (χ0v) is 62.0. The molecule has 0 radical (unpaired) electrons. The number of unbranched alkanes of at least 4 members (excludes halogenated alkanes) is 10. The summed E-state index contributed by atoms with van der Waals surface area (Å²) in [5.41, 5.74) is -1.33. The zero-order chi connectivity index (χ0) is 77.4. The highest BCUT2D eigenvalue weighted by molar-refractivity contribution is 7.90. The minimum absolute atomic E-state index is 0.00388. The number of rotatable bonds is 34. The van der Waals surface area contributed by atoms with E-state index in [0.29, 0.717) is 53.9 Å². The van der Waals surface area contributed by atoms with Gasteiger partial charge in [0.1, 0.15) is 56.4 Å². The minimum Gasteiger partial charge on any atom is -0.481 e. The number of carboxylic acids is 2. The van der Waals surface area contributed by atoms with Gasteiger partial charge in [0.05, 0.1) is 37.1 Å². The number of carbonyl (C=O) groups excluding carboxylic acids is 7. The van der Waals surface area contributed by atoms with Gasteiger partial charge in [-0.25, -0.2) is 49.4 Å². The van der Waals surface area contributed by atoms with Crippen molar-refractivity contribution in [2.24, 2.45) is 11.8 Å². The molecule has 4 heterocycles. The summed E-state index contributed by atoms with van der Waals surface area (Å²) >= 11 is 0. The van der Waals surface area contributed by atoms with Crippen molar-refractivity contribution in [2.75, 3.05) is 36.8 Å². The zero-order valence-electron chi connectivity index (χ0n) is 60.3. The number of benzene rings is 4. The van der Waals surface area contributed by atoms with Gasteiger partial charge < -0.3 is 51.0 Å². The normalized spacial score (nSPS) is 21.8. The number of anilines is 2. The molecule has 107 heavy (non-hydrogen) atoms. The number of hydrogen-bond acceptors (Lipinski definition) is 19. The topological polar surface area (TPSA) is 384 Å². The van der Waals surface area contributed by atoms with E-state index in [4.69, 9.17) is 24.4 Å². The second-order valence-corrected chi connectivity index (χ2v) is 32.1. The molecule has 2 saturated carbocycles. The standard InChI is InChI=1S/C40H52FN5O10S.C35H44FN5O8S/c1-5-27-22-40(27,36(50)44-57(53,54)33-18-12-11-17-31(33)42-20-13-9-7-6-8-10-19-34(47)48)43-35(49)32-21-28(24-46(32)38(52)56-39(2,3)4)55-37(51)45-23-26-15-14-16-30(41)29(26)25-45;1-2-24-19-35(24,39-32(44)29-18-25(20-38-29)49-34(46)41-21-23-12-11-13-27(36)26(23)22-41)33(45)40-50(47,48)30-15-9-8-14-28(30)37-17-10-6-4-3-5-7-16-31(42)43/h5,11-12,14-18,27-28,32,42H,1,6-10,13,19-25H2,2-4H3,(H,43,49)(H,44,50)(H,47,48);2,8-9,11-15,24-25,29,37-38H,1,3-7,10,16-22H2,(H,39,44)(H,40,45)(H,42,43)/t27-,28-,32+,40-;24-,25-,29+,35-/m11/s1. The molecule has 8 atom stereocenters. The van der Waals surface area contributed by atoms with Crippen LogP contribution in [0.3, 0.4) is 0 Å². The number of halogens is 2. The second-order valence-electron chi connectivity index (χ2n) is 28.8. The first-order valence-electron chi connectivity index (χ1n) is 36.2. The van der Waals surface area contributed by atoms with Gasteiger partial charge in [-0.2, -0.15) is 0 Å². The number of amides is 7. The minimum atomic E-state index is -4.45. The van der Waals surface area contributed by atoms with Crippen molar-refractivity contribution in [1.82, 2.24) is 40.1 Å². The van der Waals surface area contributed by atoms with Crippen molar-refractivity contribution in [3.8, 4) is 0 Å². The molecule has 0 aromatic heterocycles. The summed E-state index contributed by atoms with van der Waals surface area (Å²) in [5, 5.41) is 32.2. The molecular weight excluding hydrogens is 1430 g/mol. The monoisotopic (exact) mass is 1530 g/mol. The highest BCUT2D eigenvalue weighted by Gasteiger charge is 2.63. The van der Waals surface area contributed by atoms with Crippen LogP contribution in [-0.2, 0) is 89.2 Å². The molecule has 9 N–H and O–H groups in total. The molecule has 6 aliphatic rings. The second kappa shape index (κ2) is 35.8. The number of carbonyl (C=O) groups is 9. The molecule has 4 fully saturated rings. The van der Waals surface area contributed by atoms with Crippen LogP contribution in [0.1, 0.15) is 159 Å². The van der Waals surface area contributed by atoms with E-state index in [1.807, 2.05) is 0 Å². The number of hydrogen-bond donors (Lipinski definition) is 9. The van der Waals surface area contributed by atoms with E-state index < -0.39 is 133 Å². The van der Waals surface area contributed by atoms with Gasteiger partial charge >= 0.3 is 30.2 Å². The molecule has 7 amide bonds. The number of likely N-dealkylation sites (tertiary alicyclic amines) is 1. The first-order valence-corrected chi connectivity index (χ1v) is 39.1. The third kappa shape index (κ3) is 21.3. The number of carboxylic acid groups (broad SMARTS) is 2. The maximum absolute atomic E-state index is 14.4. The SMILES string of the molecule is C=C[C@@H]1C[C@]1(NC(=O)[C@@H]1C[C@@H](OC(=O)N2Cc3cccc(F)c3C2)CN1)C(=O)NS(=O)(=O)c1ccccc1NCCCCCCCCC(=O)O.C=C[C@@H]1C[C@]1(NC(=O)[C@@H]1C[C@@H](OC(=O)N2Cc3cccc(F)c3C2)CN1C(=O)OC(C)(C)C)C(=O)NS(=O)(=O)c1ccccc1NCCCCCCCCC(=O)O. The predicted molar refractivity (Wildman–Crippen MR) is 388 cm³/mol. The molecule has 4 aromatic carbocycles. The van der Waals surface area contributed by atoms with Crippen LogP contribution < -0.4 is 36.0 Å². The lowest BCUT2D eigenvalue weighted by Crippen LogP contribution is -2.56. The van der Waals surface area contributed by atoms with Crippen LogP contribution in [0.25, 0.3) is 0 Å². The van der Waals surface area contributed by atoms with Crippen LogP contribution in [0.2, 0.25) is 0 Å². The molecule has 10 rings (SSSR count). The molecule has 4 aromatic rings. The Morgan fingerprint density at radius 3 is 1.42 bits per heavy atom. The molecule has 0 unspecified atom stereocenters. The Kier molecular flexibility index (Phi) is 27.2. The summed E-state index contributed by atoms with van der Waals surface area (Å²) < 4.78 is 104. The highest BCUT2D eigenvalue weighted by Crippen LogP contribution is 2.47. The number of sulfonamides is 2. The fourth-order valence-corrected chi connectivity index (χ4v) is 16.1. The quantitative estimate of drug-likeness (QED) is 0.0119. The van der Waals surface area contributed by atoms with Crippen molar-refractivity contribution in [3.05, 3.63) is 144 Å². The lowest BCUT2D eigenvalue weighted by atomic mass is 10.1. The molecule has 580 valence electrons. The van der Waals surface area contributed by atoms with E-state index in [9.17, 15) is 68.8 Å². The number of ether oxygens (including phenoxy) is 3. The number of nitrogens with zero attached hydrogens (tertiary/aromatic N) is 3. The summed E-state index contributed by atoms with van der Waals surface area (Å²) in [6.07, 6.45) is 9.53. The first kappa shape index (κ1) is 81.4. The van der Waals surface area contributed by atoms with Gasteiger partial charge in [-0.15, -0.1) is 13.2 Å². The van der Waals surface area contributed by atoms with Gasteiger partial charge in [0, 0.05) is 81.4 Å². The van der Waals surface area contributed by atoms with E-state index in [-0.39, 0.29) is 99.1 Å². The summed E-state index contributed by atoms with van der Waals surface area (Å²) in [6, 6.07) is 19.6. The van der Waals surface area contributed by atoms with Gasteiger partial charge in [0.15, 0.2) is 0 Å². The van der Waals surface area contributed by atoms with Crippen molar-refractivity contribution in [2.45, 2.75) is 213 Å². The molecule has 0 spiro atoms.